The Labute approximate surface area is 153 Å². The van der Waals surface area contributed by atoms with Crippen molar-refractivity contribution >= 4 is 5.91 Å². The van der Waals surface area contributed by atoms with E-state index in [9.17, 15) is 4.79 Å². The summed E-state index contributed by atoms with van der Waals surface area (Å²) in [6.45, 7) is 3.40. The molecule has 2 aromatic rings. The summed E-state index contributed by atoms with van der Waals surface area (Å²) in [5.74, 6) is 2.43. The van der Waals surface area contributed by atoms with Gasteiger partial charge in [-0.05, 0) is 36.5 Å². The molecule has 6 nitrogen and oxygen atoms in total. The van der Waals surface area contributed by atoms with Crippen molar-refractivity contribution in [3.63, 3.8) is 0 Å². The van der Waals surface area contributed by atoms with Crippen molar-refractivity contribution in [3.8, 4) is 5.75 Å². The van der Waals surface area contributed by atoms with Crippen molar-refractivity contribution < 1.29 is 13.9 Å². The van der Waals surface area contributed by atoms with Crippen LogP contribution in [-0.2, 0) is 19.4 Å². The van der Waals surface area contributed by atoms with Gasteiger partial charge in [0, 0.05) is 39.0 Å². The largest absolute Gasteiger partial charge is 0.497 e. The SMILES string of the molecule is COc1cccc(CN2CCc3nc(C(=O)NCC4CC4)oc3CC2)c1. The standard InChI is InChI=1S/C20H25N3O3/c1-25-16-4-2-3-15(11-16)13-23-9-7-17-18(8-10-23)26-20(22-17)19(24)21-12-14-5-6-14/h2-4,11,14H,5-10,12-13H2,1H3,(H,21,24). The molecule has 1 saturated carbocycles. The maximum Gasteiger partial charge on any atom is 0.307 e. The second-order valence-corrected chi connectivity index (χ2v) is 7.17. The minimum Gasteiger partial charge on any atom is -0.497 e. The summed E-state index contributed by atoms with van der Waals surface area (Å²) in [5.41, 5.74) is 2.16. The lowest BCUT2D eigenvalue weighted by atomic mass is 10.2. The lowest BCUT2D eigenvalue weighted by Gasteiger charge is -2.19. The maximum atomic E-state index is 12.2. The zero-order chi connectivity index (χ0) is 17.9. The van der Waals surface area contributed by atoms with E-state index in [1.165, 1.54) is 18.4 Å². The zero-order valence-electron chi connectivity index (χ0n) is 15.2. The van der Waals surface area contributed by atoms with E-state index < -0.39 is 0 Å². The van der Waals surface area contributed by atoms with Crippen molar-refractivity contribution in [1.82, 2.24) is 15.2 Å². The summed E-state index contributed by atoms with van der Waals surface area (Å²) in [6, 6.07) is 8.17. The van der Waals surface area contributed by atoms with Gasteiger partial charge in [-0.25, -0.2) is 4.98 Å². The minimum absolute atomic E-state index is 0.182. The lowest BCUT2D eigenvalue weighted by Crippen LogP contribution is -2.27. The van der Waals surface area contributed by atoms with Gasteiger partial charge in [-0.3, -0.25) is 9.69 Å². The number of carbonyl (C=O) groups excluding carboxylic acids is 1. The number of benzene rings is 1. The number of oxazole rings is 1. The Morgan fingerprint density at radius 1 is 1.35 bits per heavy atom. The van der Waals surface area contributed by atoms with E-state index in [-0.39, 0.29) is 11.8 Å². The number of carbonyl (C=O) groups is 1. The van der Waals surface area contributed by atoms with Crippen LogP contribution >= 0.6 is 0 Å². The Balaban J connectivity index is 1.35. The van der Waals surface area contributed by atoms with Gasteiger partial charge in [0.2, 0.25) is 0 Å². The number of nitrogens with zero attached hydrogens (tertiary/aromatic N) is 2. The molecule has 2 aliphatic rings. The van der Waals surface area contributed by atoms with E-state index in [4.69, 9.17) is 9.15 Å². The normalized spacial score (nSPS) is 17.4. The van der Waals surface area contributed by atoms with Gasteiger partial charge in [0.25, 0.3) is 5.89 Å². The second-order valence-electron chi connectivity index (χ2n) is 7.17. The lowest BCUT2D eigenvalue weighted by molar-refractivity contribution is 0.0915. The predicted molar refractivity (Wildman–Crippen MR) is 97.2 cm³/mol. The molecule has 1 N–H and O–H groups in total. The van der Waals surface area contributed by atoms with Crippen molar-refractivity contribution in [2.45, 2.75) is 32.2 Å². The van der Waals surface area contributed by atoms with Crippen LogP contribution in [0.3, 0.4) is 0 Å². The molecule has 1 aromatic heterocycles. The average molecular weight is 355 g/mol. The first-order chi connectivity index (χ1) is 12.7. The fraction of sp³-hybridized carbons (Fsp3) is 0.500. The Morgan fingerprint density at radius 2 is 2.19 bits per heavy atom. The molecule has 1 fully saturated rings. The van der Waals surface area contributed by atoms with Crippen LogP contribution in [0.15, 0.2) is 28.7 Å². The number of amides is 1. The molecule has 0 atom stereocenters. The fourth-order valence-corrected chi connectivity index (χ4v) is 3.33. The molecular weight excluding hydrogens is 330 g/mol. The molecule has 6 heteroatoms. The van der Waals surface area contributed by atoms with Crippen LogP contribution in [0.5, 0.6) is 5.75 Å². The summed E-state index contributed by atoms with van der Waals surface area (Å²) >= 11 is 0. The third kappa shape index (κ3) is 4.07. The van der Waals surface area contributed by atoms with Gasteiger partial charge in [0.1, 0.15) is 11.5 Å². The average Bonchev–Trinajstić information content (AvgIpc) is 3.43. The minimum atomic E-state index is -0.182. The Morgan fingerprint density at radius 3 is 3.00 bits per heavy atom. The Hall–Kier alpha value is -2.34. The highest BCUT2D eigenvalue weighted by Crippen LogP contribution is 2.27. The maximum absolute atomic E-state index is 12.2. The van der Waals surface area contributed by atoms with Gasteiger partial charge in [-0.2, -0.15) is 0 Å². The van der Waals surface area contributed by atoms with Crippen LogP contribution in [0, 0.1) is 5.92 Å². The smallest absolute Gasteiger partial charge is 0.307 e. The summed E-state index contributed by atoms with van der Waals surface area (Å²) in [6.07, 6.45) is 4.01. The molecule has 1 aromatic carbocycles. The molecule has 0 radical (unpaired) electrons. The number of rotatable bonds is 6. The summed E-state index contributed by atoms with van der Waals surface area (Å²) < 4.78 is 11.1. The predicted octanol–water partition coefficient (Wildman–Crippen LogP) is 2.42. The van der Waals surface area contributed by atoms with E-state index in [0.717, 1.165) is 56.2 Å². The first-order valence-corrected chi connectivity index (χ1v) is 9.33. The van der Waals surface area contributed by atoms with Crippen molar-refractivity contribution in [2.24, 2.45) is 5.92 Å². The Bertz CT molecular complexity index is 757. The van der Waals surface area contributed by atoms with Crippen LogP contribution in [0.25, 0.3) is 0 Å². The molecule has 0 spiro atoms. The molecule has 0 saturated heterocycles. The summed E-state index contributed by atoms with van der Waals surface area (Å²) in [5, 5.41) is 2.92. The second kappa shape index (κ2) is 7.50. The molecular formula is C20H25N3O3. The van der Waals surface area contributed by atoms with Gasteiger partial charge in [0.05, 0.1) is 12.8 Å². The van der Waals surface area contributed by atoms with Gasteiger partial charge in [-0.1, -0.05) is 12.1 Å². The molecule has 0 unspecified atom stereocenters. The monoisotopic (exact) mass is 355 g/mol. The number of nitrogens with one attached hydrogen (secondary N) is 1. The number of ether oxygens (including phenoxy) is 1. The van der Waals surface area contributed by atoms with Crippen molar-refractivity contribution in [1.29, 1.82) is 0 Å². The quantitative estimate of drug-likeness (QED) is 0.862. The van der Waals surface area contributed by atoms with Crippen molar-refractivity contribution in [2.75, 3.05) is 26.7 Å². The summed E-state index contributed by atoms with van der Waals surface area (Å²) in [4.78, 5) is 19.0. The molecule has 2 heterocycles. The number of hydrogen-bond acceptors (Lipinski definition) is 5. The topological polar surface area (TPSA) is 67.6 Å². The first kappa shape index (κ1) is 17.1. The van der Waals surface area contributed by atoms with Gasteiger partial charge < -0.3 is 14.5 Å². The van der Waals surface area contributed by atoms with E-state index in [0.29, 0.717) is 5.92 Å². The fourth-order valence-electron chi connectivity index (χ4n) is 3.33. The van der Waals surface area contributed by atoms with E-state index in [1.54, 1.807) is 7.11 Å². The van der Waals surface area contributed by atoms with Crippen LogP contribution < -0.4 is 10.1 Å². The Kier molecular flexibility index (Phi) is 4.93. The van der Waals surface area contributed by atoms with E-state index in [1.807, 2.05) is 12.1 Å². The molecule has 1 aliphatic carbocycles. The first-order valence-electron chi connectivity index (χ1n) is 9.33. The molecule has 1 aliphatic heterocycles. The van der Waals surface area contributed by atoms with Crippen molar-refractivity contribution in [3.05, 3.63) is 47.2 Å². The van der Waals surface area contributed by atoms with E-state index in [2.05, 4.69) is 27.3 Å². The van der Waals surface area contributed by atoms with Gasteiger partial charge >= 0.3 is 5.91 Å². The third-order valence-electron chi connectivity index (χ3n) is 5.08. The third-order valence-corrected chi connectivity index (χ3v) is 5.08. The van der Waals surface area contributed by atoms with Crippen LogP contribution in [0.2, 0.25) is 0 Å². The highest BCUT2D eigenvalue weighted by Gasteiger charge is 2.25. The van der Waals surface area contributed by atoms with E-state index >= 15 is 0 Å². The number of fused-ring (bicyclic) bond motifs is 1. The molecule has 1 amide bonds. The number of aromatic nitrogens is 1. The highest BCUT2D eigenvalue weighted by molar-refractivity contribution is 5.89. The molecule has 26 heavy (non-hydrogen) atoms. The molecule has 0 bridgehead atoms. The highest BCUT2D eigenvalue weighted by atomic mass is 16.5. The molecule has 138 valence electrons. The van der Waals surface area contributed by atoms with Gasteiger partial charge in [-0.15, -0.1) is 0 Å². The van der Waals surface area contributed by atoms with Crippen LogP contribution in [0.4, 0.5) is 0 Å². The number of methoxy groups -OCH3 is 1. The molecule has 4 rings (SSSR count). The van der Waals surface area contributed by atoms with Crippen LogP contribution in [-0.4, -0.2) is 42.5 Å². The summed E-state index contributed by atoms with van der Waals surface area (Å²) in [7, 11) is 1.69. The van der Waals surface area contributed by atoms with Gasteiger partial charge in [0.15, 0.2) is 0 Å². The zero-order valence-corrected chi connectivity index (χ0v) is 15.2. The van der Waals surface area contributed by atoms with Crippen LogP contribution in [0.1, 0.15) is 40.5 Å². The number of hydrogen-bond donors (Lipinski definition) is 1.